The van der Waals surface area contributed by atoms with Gasteiger partial charge in [-0.15, -0.1) is 0 Å². The Labute approximate surface area is 157 Å². The average molecular weight is 363 g/mol. The molecule has 0 spiro atoms. The third kappa shape index (κ3) is 3.69. The monoisotopic (exact) mass is 363 g/mol. The molecule has 1 aliphatic carbocycles. The molecule has 2 N–H and O–H groups in total. The highest BCUT2D eigenvalue weighted by atomic mass is 16.2. The zero-order valence-corrected chi connectivity index (χ0v) is 15.0. The summed E-state index contributed by atoms with van der Waals surface area (Å²) in [5.74, 6) is -0.665. The van der Waals surface area contributed by atoms with Crippen molar-refractivity contribution >= 4 is 34.8 Å². The summed E-state index contributed by atoms with van der Waals surface area (Å²) in [6, 6.07) is 13.2. The summed E-state index contributed by atoms with van der Waals surface area (Å²) in [4.78, 5) is 38.1. The minimum Gasteiger partial charge on any atom is -0.326 e. The number of rotatable bonds is 4. The lowest BCUT2D eigenvalue weighted by atomic mass is 10.1. The molecule has 0 atom stereocenters. The van der Waals surface area contributed by atoms with E-state index < -0.39 is 0 Å². The van der Waals surface area contributed by atoms with Crippen molar-refractivity contribution in [1.29, 1.82) is 0 Å². The van der Waals surface area contributed by atoms with Crippen LogP contribution in [-0.4, -0.2) is 24.3 Å². The van der Waals surface area contributed by atoms with Crippen LogP contribution in [-0.2, 0) is 27.2 Å². The number of carbonyl (C=O) groups is 3. The molecule has 3 amide bonds. The van der Waals surface area contributed by atoms with Crippen molar-refractivity contribution in [3.05, 3.63) is 53.6 Å². The largest absolute Gasteiger partial charge is 0.326 e. The second-order valence-corrected chi connectivity index (χ2v) is 6.93. The molecule has 6 heteroatoms. The SMILES string of the molecule is O=C(CCC(=O)N1CC(=O)Nc2ccccc21)Nc1ccc2c(c1)CCC2. The van der Waals surface area contributed by atoms with E-state index in [1.54, 1.807) is 18.2 Å². The summed E-state index contributed by atoms with van der Waals surface area (Å²) in [6.07, 6.45) is 3.44. The zero-order chi connectivity index (χ0) is 18.8. The molecule has 0 aromatic heterocycles. The van der Waals surface area contributed by atoms with Crippen LogP contribution in [0.5, 0.6) is 0 Å². The molecule has 6 nitrogen and oxygen atoms in total. The van der Waals surface area contributed by atoms with E-state index in [1.807, 2.05) is 18.2 Å². The first-order valence-electron chi connectivity index (χ1n) is 9.21. The Morgan fingerprint density at radius 1 is 1.04 bits per heavy atom. The molecule has 27 heavy (non-hydrogen) atoms. The van der Waals surface area contributed by atoms with Gasteiger partial charge in [-0.1, -0.05) is 18.2 Å². The van der Waals surface area contributed by atoms with E-state index >= 15 is 0 Å². The van der Waals surface area contributed by atoms with Crippen LogP contribution < -0.4 is 15.5 Å². The molecular weight excluding hydrogens is 342 g/mol. The van der Waals surface area contributed by atoms with Gasteiger partial charge in [-0.3, -0.25) is 14.4 Å². The number of hydrogen-bond donors (Lipinski definition) is 2. The molecule has 1 aliphatic heterocycles. The predicted molar refractivity (Wildman–Crippen MR) is 104 cm³/mol. The van der Waals surface area contributed by atoms with Crippen LogP contribution >= 0.6 is 0 Å². The first-order chi connectivity index (χ1) is 13.1. The van der Waals surface area contributed by atoms with Gasteiger partial charge in [-0.2, -0.15) is 0 Å². The summed E-state index contributed by atoms with van der Waals surface area (Å²) in [5, 5.41) is 5.62. The number of nitrogens with one attached hydrogen (secondary N) is 2. The second-order valence-electron chi connectivity index (χ2n) is 6.93. The number of fused-ring (bicyclic) bond motifs is 2. The molecule has 2 aromatic rings. The van der Waals surface area contributed by atoms with Crippen molar-refractivity contribution in [2.45, 2.75) is 32.1 Å². The van der Waals surface area contributed by atoms with Gasteiger partial charge in [0, 0.05) is 18.5 Å². The van der Waals surface area contributed by atoms with E-state index in [1.165, 1.54) is 16.0 Å². The van der Waals surface area contributed by atoms with Gasteiger partial charge in [0.15, 0.2) is 0 Å². The van der Waals surface area contributed by atoms with Crippen molar-refractivity contribution in [3.8, 4) is 0 Å². The van der Waals surface area contributed by atoms with Crippen LogP contribution in [0.3, 0.4) is 0 Å². The molecule has 138 valence electrons. The number of para-hydroxylation sites is 2. The Bertz CT molecular complexity index is 923. The number of aryl methyl sites for hydroxylation is 2. The molecule has 4 rings (SSSR count). The molecule has 2 aliphatic rings. The van der Waals surface area contributed by atoms with Crippen molar-refractivity contribution in [1.82, 2.24) is 0 Å². The summed E-state index contributed by atoms with van der Waals surface area (Å²) >= 11 is 0. The Balaban J connectivity index is 1.36. The number of carbonyl (C=O) groups excluding carboxylic acids is 3. The quantitative estimate of drug-likeness (QED) is 0.877. The van der Waals surface area contributed by atoms with Crippen LogP contribution in [0.1, 0.15) is 30.4 Å². The molecule has 0 saturated heterocycles. The van der Waals surface area contributed by atoms with Crippen molar-refractivity contribution < 1.29 is 14.4 Å². The smallest absolute Gasteiger partial charge is 0.244 e. The van der Waals surface area contributed by atoms with Gasteiger partial charge in [-0.05, 0) is 54.7 Å². The first kappa shape index (κ1) is 17.3. The summed E-state index contributed by atoms with van der Waals surface area (Å²) < 4.78 is 0. The third-order valence-corrected chi connectivity index (χ3v) is 5.02. The number of anilines is 3. The third-order valence-electron chi connectivity index (χ3n) is 5.02. The van der Waals surface area contributed by atoms with E-state index in [0.29, 0.717) is 11.4 Å². The summed E-state index contributed by atoms with van der Waals surface area (Å²) in [7, 11) is 0. The molecule has 1 heterocycles. The summed E-state index contributed by atoms with van der Waals surface area (Å²) in [5.41, 5.74) is 4.70. The van der Waals surface area contributed by atoms with Crippen molar-refractivity contribution in [2.75, 3.05) is 22.1 Å². The molecule has 0 bridgehead atoms. The van der Waals surface area contributed by atoms with Gasteiger partial charge in [0.25, 0.3) is 0 Å². The molecular formula is C21H21N3O3. The maximum absolute atomic E-state index is 12.6. The fourth-order valence-corrected chi connectivity index (χ4v) is 3.68. The fraction of sp³-hybridized carbons (Fsp3) is 0.286. The maximum atomic E-state index is 12.6. The van der Waals surface area contributed by atoms with Crippen LogP contribution in [0.2, 0.25) is 0 Å². The first-order valence-corrected chi connectivity index (χ1v) is 9.21. The van der Waals surface area contributed by atoms with E-state index in [0.717, 1.165) is 24.9 Å². The molecule has 0 fully saturated rings. The highest BCUT2D eigenvalue weighted by molar-refractivity contribution is 6.10. The lowest BCUT2D eigenvalue weighted by molar-refractivity contribution is -0.124. The highest BCUT2D eigenvalue weighted by Gasteiger charge is 2.26. The maximum Gasteiger partial charge on any atom is 0.244 e. The van der Waals surface area contributed by atoms with Gasteiger partial charge < -0.3 is 15.5 Å². The Hall–Kier alpha value is -3.15. The topological polar surface area (TPSA) is 78.5 Å². The standard InChI is InChI=1S/C21H21N3O3/c25-19(22-16-9-8-14-4-3-5-15(14)12-16)10-11-21(27)24-13-20(26)23-17-6-1-2-7-18(17)24/h1-2,6-9,12H,3-5,10-11,13H2,(H,22,25)(H,23,26). The van der Waals surface area contributed by atoms with E-state index in [9.17, 15) is 14.4 Å². The Kier molecular flexibility index (Phi) is 4.62. The van der Waals surface area contributed by atoms with Gasteiger partial charge in [0.05, 0.1) is 11.4 Å². The molecule has 0 unspecified atom stereocenters. The predicted octanol–water partition coefficient (Wildman–Crippen LogP) is 2.88. The van der Waals surface area contributed by atoms with Gasteiger partial charge in [-0.25, -0.2) is 0 Å². The normalized spacial score (nSPS) is 15.0. The number of amides is 3. The molecule has 0 saturated carbocycles. The lowest BCUT2D eigenvalue weighted by Gasteiger charge is -2.29. The number of hydrogen-bond acceptors (Lipinski definition) is 3. The van der Waals surface area contributed by atoms with Gasteiger partial charge >= 0.3 is 0 Å². The lowest BCUT2D eigenvalue weighted by Crippen LogP contribution is -2.42. The van der Waals surface area contributed by atoms with Crippen LogP contribution in [0, 0.1) is 0 Å². The van der Waals surface area contributed by atoms with E-state index in [4.69, 9.17) is 0 Å². The minimum atomic E-state index is -0.235. The second kappa shape index (κ2) is 7.23. The number of nitrogens with zero attached hydrogens (tertiary/aromatic N) is 1. The Morgan fingerprint density at radius 3 is 2.74 bits per heavy atom. The van der Waals surface area contributed by atoms with Gasteiger partial charge in [0.2, 0.25) is 17.7 Å². The summed E-state index contributed by atoms with van der Waals surface area (Å²) in [6.45, 7) is -0.0255. The minimum absolute atomic E-state index is 0.0255. The van der Waals surface area contributed by atoms with E-state index in [2.05, 4.69) is 16.7 Å². The molecule has 0 radical (unpaired) electrons. The van der Waals surface area contributed by atoms with Crippen molar-refractivity contribution in [2.24, 2.45) is 0 Å². The van der Waals surface area contributed by atoms with Crippen LogP contribution in [0.25, 0.3) is 0 Å². The number of benzene rings is 2. The zero-order valence-electron chi connectivity index (χ0n) is 15.0. The van der Waals surface area contributed by atoms with Crippen LogP contribution in [0.15, 0.2) is 42.5 Å². The van der Waals surface area contributed by atoms with Crippen LogP contribution in [0.4, 0.5) is 17.1 Å². The van der Waals surface area contributed by atoms with Crippen molar-refractivity contribution in [3.63, 3.8) is 0 Å². The fourth-order valence-electron chi connectivity index (χ4n) is 3.68. The van der Waals surface area contributed by atoms with E-state index in [-0.39, 0.29) is 37.1 Å². The Morgan fingerprint density at radius 2 is 1.85 bits per heavy atom. The van der Waals surface area contributed by atoms with Gasteiger partial charge in [0.1, 0.15) is 6.54 Å². The highest BCUT2D eigenvalue weighted by Crippen LogP contribution is 2.29. The molecule has 2 aromatic carbocycles. The average Bonchev–Trinajstić information content (AvgIpc) is 3.13.